The Morgan fingerprint density at radius 3 is 2.33 bits per heavy atom. The molecule has 1 aromatic carbocycles. The van der Waals surface area contributed by atoms with Gasteiger partial charge in [-0.25, -0.2) is 0 Å². The van der Waals surface area contributed by atoms with Gasteiger partial charge in [-0.2, -0.15) is 0 Å². The van der Waals surface area contributed by atoms with Crippen LogP contribution in [0.5, 0.6) is 0 Å². The number of hydrogen-bond donors (Lipinski definition) is 1. The first kappa shape index (κ1) is 17.8. The average molecular weight is 308 g/mol. The summed E-state index contributed by atoms with van der Waals surface area (Å²) in [5, 5.41) is 3.62. The van der Waals surface area contributed by atoms with Gasteiger partial charge >= 0.3 is 0 Å². The first-order valence-corrected chi connectivity index (χ1v) is 8.31. The quantitative estimate of drug-likeness (QED) is 0.466. The van der Waals surface area contributed by atoms with Gasteiger partial charge < -0.3 is 5.32 Å². The van der Waals surface area contributed by atoms with Crippen LogP contribution in [0.1, 0.15) is 57.4 Å². The number of carbonyl (C=O) groups excluding carboxylic acids is 1. The van der Waals surface area contributed by atoms with Gasteiger partial charge in [-0.05, 0) is 30.2 Å². The lowest BCUT2D eigenvalue weighted by Gasteiger charge is -2.02. The van der Waals surface area contributed by atoms with Crippen LogP contribution in [0.4, 0.5) is 0 Å². The molecule has 1 rings (SSSR count). The number of unbranched alkanes of at least 4 members (excludes halogenated alkanes) is 6. The monoisotopic (exact) mass is 307 g/mol. The standard InChI is InChI=1S/C18H26ClNO/c1-2-3-4-5-6-7-8-15-20-18(21)14-11-16-9-12-17(19)13-10-16/h9-14H,2-8,15H2,1H3,(H,20,21). The lowest BCUT2D eigenvalue weighted by molar-refractivity contribution is -0.116. The van der Waals surface area contributed by atoms with Crippen LogP contribution in [0.2, 0.25) is 5.02 Å². The molecule has 0 unspecified atom stereocenters. The molecule has 0 fully saturated rings. The summed E-state index contributed by atoms with van der Waals surface area (Å²) in [6, 6.07) is 7.42. The number of benzene rings is 1. The van der Waals surface area contributed by atoms with Gasteiger partial charge in [0.2, 0.25) is 5.91 Å². The van der Waals surface area contributed by atoms with E-state index >= 15 is 0 Å². The Balaban J connectivity index is 2.07. The highest BCUT2D eigenvalue weighted by Crippen LogP contribution is 2.10. The number of rotatable bonds is 10. The third kappa shape index (κ3) is 9.30. The SMILES string of the molecule is CCCCCCCCCNC(=O)C=Cc1ccc(Cl)cc1. The predicted molar refractivity (Wildman–Crippen MR) is 91.5 cm³/mol. The number of amides is 1. The number of nitrogens with one attached hydrogen (secondary N) is 1. The third-order valence-corrected chi connectivity index (χ3v) is 3.63. The minimum Gasteiger partial charge on any atom is -0.353 e. The summed E-state index contributed by atoms with van der Waals surface area (Å²) in [6.45, 7) is 2.99. The molecule has 0 spiro atoms. The zero-order valence-electron chi connectivity index (χ0n) is 12.9. The highest BCUT2D eigenvalue weighted by molar-refractivity contribution is 6.30. The molecule has 0 saturated carbocycles. The summed E-state index contributed by atoms with van der Waals surface area (Å²) in [7, 11) is 0. The number of carbonyl (C=O) groups is 1. The summed E-state index contributed by atoms with van der Waals surface area (Å²) in [6.07, 6.45) is 12.2. The Kier molecular flexibility index (Phi) is 9.64. The van der Waals surface area contributed by atoms with Crippen LogP contribution in [-0.4, -0.2) is 12.5 Å². The maximum atomic E-state index is 11.6. The fourth-order valence-corrected chi connectivity index (χ4v) is 2.22. The average Bonchev–Trinajstić information content (AvgIpc) is 2.49. The molecule has 116 valence electrons. The van der Waals surface area contributed by atoms with Gasteiger partial charge in [0.05, 0.1) is 0 Å². The molecule has 0 saturated heterocycles. The molecular formula is C18H26ClNO. The largest absolute Gasteiger partial charge is 0.353 e. The fraction of sp³-hybridized carbons (Fsp3) is 0.500. The van der Waals surface area contributed by atoms with Crippen LogP contribution < -0.4 is 5.32 Å². The third-order valence-electron chi connectivity index (χ3n) is 3.38. The van der Waals surface area contributed by atoms with Crippen molar-refractivity contribution in [2.45, 2.75) is 51.9 Å². The predicted octanol–water partition coefficient (Wildman–Crippen LogP) is 5.22. The molecule has 0 aliphatic rings. The summed E-state index contributed by atoms with van der Waals surface area (Å²) in [4.78, 5) is 11.6. The van der Waals surface area contributed by atoms with E-state index in [-0.39, 0.29) is 5.91 Å². The van der Waals surface area contributed by atoms with Crippen molar-refractivity contribution in [2.24, 2.45) is 0 Å². The van der Waals surface area contributed by atoms with Gasteiger partial charge in [-0.1, -0.05) is 69.2 Å². The molecule has 1 N–H and O–H groups in total. The first-order valence-electron chi connectivity index (χ1n) is 7.94. The second kappa shape index (κ2) is 11.4. The lowest BCUT2D eigenvalue weighted by Crippen LogP contribution is -2.21. The Labute approximate surface area is 133 Å². The molecule has 0 heterocycles. The normalized spacial score (nSPS) is 11.0. The molecule has 2 nitrogen and oxygen atoms in total. The fourth-order valence-electron chi connectivity index (χ4n) is 2.10. The van der Waals surface area contributed by atoms with Crippen molar-refractivity contribution in [3.05, 3.63) is 40.9 Å². The van der Waals surface area contributed by atoms with Gasteiger partial charge in [0.25, 0.3) is 0 Å². The molecule has 0 atom stereocenters. The second-order valence-electron chi connectivity index (χ2n) is 5.30. The molecule has 1 amide bonds. The van der Waals surface area contributed by atoms with Crippen LogP contribution in [0.3, 0.4) is 0 Å². The molecule has 0 bridgehead atoms. The van der Waals surface area contributed by atoms with Crippen LogP contribution in [0, 0.1) is 0 Å². The Bertz CT molecular complexity index is 425. The van der Waals surface area contributed by atoms with Gasteiger partial charge in [-0.15, -0.1) is 0 Å². The van der Waals surface area contributed by atoms with Crippen molar-refractivity contribution in [1.29, 1.82) is 0 Å². The lowest BCUT2D eigenvalue weighted by atomic mass is 10.1. The Morgan fingerprint density at radius 2 is 1.67 bits per heavy atom. The summed E-state index contributed by atoms with van der Waals surface area (Å²) >= 11 is 5.81. The van der Waals surface area contributed by atoms with E-state index in [4.69, 9.17) is 11.6 Å². The molecule has 0 aliphatic heterocycles. The second-order valence-corrected chi connectivity index (χ2v) is 5.73. The Hall–Kier alpha value is -1.28. The van der Waals surface area contributed by atoms with E-state index in [9.17, 15) is 4.79 Å². The number of hydrogen-bond acceptors (Lipinski definition) is 1. The van der Waals surface area contributed by atoms with E-state index in [1.165, 1.54) is 38.5 Å². The molecule has 0 aromatic heterocycles. The maximum absolute atomic E-state index is 11.6. The zero-order valence-corrected chi connectivity index (χ0v) is 13.7. The molecule has 1 aromatic rings. The maximum Gasteiger partial charge on any atom is 0.243 e. The van der Waals surface area contributed by atoms with E-state index < -0.39 is 0 Å². The van der Waals surface area contributed by atoms with Gasteiger partial charge in [0, 0.05) is 17.6 Å². The molecule has 21 heavy (non-hydrogen) atoms. The van der Waals surface area contributed by atoms with Crippen molar-refractivity contribution in [1.82, 2.24) is 5.32 Å². The minimum absolute atomic E-state index is 0.0315. The topological polar surface area (TPSA) is 29.1 Å². The van der Waals surface area contributed by atoms with Crippen molar-refractivity contribution < 1.29 is 4.79 Å². The zero-order chi connectivity index (χ0) is 15.3. The van der Waals surface area contributed by atoms with E-state index in [1.807, 2.05) is 24.3 Å². The minimum atomic E-state index is -0.0315. The van der Waals surface area contributed by atoms with E-state index in [1.54, 1.807) is 12.2 Å². The highest BCUT2D eigenvalue weighted by Gasteiger charge is 1.96. The van der Waals surface area contributed by atoms with E-state index in [0.717, 1.165) is 18.5 Å². The molecule has 3 heteroatoms. The summed E-state index contributed by atoms with van der Waals surface area (Å²) in [5.41, 5.74) is 0.977. The molecule has 0 radical (unpaired) electrons. The van der Waals surface area contributed by atoms with E-state index in [0.29, 0.717) is 5.02 Å². The van der Waals surface area contributed by atoms with Gasteiger partial charge in [0.15, 0.2) is 0 Å². The van der Waals surface area contributed by atoms with Crippen LogP contribution >= 0.6 is 11.6 Å². The van der Waals surface area contributed by atoms with Crippen molar-refractivity contribution in [3.8, 4) is 0 Å². The van der Waals surface area contributed by atoms with Crippen molar-refractivity contribution in [3.63, 3.8) is 0 Å². The van der Waals surface area contributed by atoms with Crippen molar-refractivity contribution >= 4 is 23.6 Å². The van der Waals surface area contributed by atoms with Gasteiger partial charge in [-0.3, -0.25) is 4.79 Å². The van der Waals surface area contributed by atoms with Crippen LogP contribution in [0.15, 0.2) is 30.3 Å². The van der Waals surface area contributed by atoms with Crippen LogP contribution in [0.25, 0.3) is 6.08 Å². The molecular weight excluding hydrogens is 282 g/mol. The number of halogens is 1. The molecule has 0 aliphatic carbocycles. The smallest absolute Gasteiger partial charge is 0.243 e. The Morgan fingerprint density at radius 1 is 1.05 bits per heavy atom. The van der Waals surface area contributed by atoms with Crippen molar-refractivity contribution in [2.75, 3.05) is 6.54 Å². The van der Waals surface area contributed by atoms with Gasteiger partial charge in [0.1, 0.15) is 0 Å². The van der Waals surface area contributed by atoms with Crippen LogP contribution in [-0.2, 0) is 4.79 Å². The summed E-state index contributed by atoms with van der Waals surface area (Å²) < 4.78 is 0. The first-order chi connectivity index (χ1) is 10.2. The van der Waals surface area contributed by atoms with E-state index in [2.05, 4.69) is 12.2 Å². The highest BCUT2D eigenvalue weighted by atomic mass is 35.5. The summed E-state index contributed by atoms with van der Waals surface area (Å²) in [5.74, 6) is -0.0315.